The first-order chi connectivity index (χ1) is 12.1. The molecule has 0 aromatic heterocycles. The predicted octanol–water partition coefficient (Wildman–Crippen LogP) is 2.92. The van der Waals surface area contributed by atoms with E-state index in [1.54, 1.807) is 18.2 Å². The van der Waals surface area contributed by atoms with Gasteiger partial charge in [0.15, 0.2) is 0 Å². The van der Waals surface area contributed by atoms with Gasteiger partial charge in [0.25, 0.3) is 5.91 Å². The van der Waals surface area contributed by atoms with Gasteiger partial charge in [-0.3, -0.25) is 4.79 Å². The molecule has 1 atom stereocenters. The highest BCUT2D eigenvalue weighted by molar-refractivity contribution is 7.88. The molecule has 6 nitrogen and oxygen atoms in total. The summed E-state index contributed by atoms with van der Waals surface area (Å²) in [4.78, 5) is 12.3. The molecule has 1 aliphatic heterocycles. The highest BCUT2D eigenvalue weighted by Crippen LogP contribution is 2.29. The van der Waals surface area contributed by atoms with Gasteiger partial charge in [-0.25, -0.2) is 12.7 Å². The molecular weight excluding hydrogens is 376 g/mol. The average molecular weight is 403 g/mol. The van der Waals surface area contributed by atoms with E-state index in [1.807, 2.05) is 20.8 Å². The van der Waals surface area contributed by atoms with Gasteiger partial charge >= 0.3 is 0 Å². The zero-order valence-electron chi connectivity index (χ0n) is 15.7. The monoisotopic (exact) mass is 402 g/mol. The summed E-state index contributed by atoms with van der Waals surface area (Å²) in [6, 6.07) is 5.05. The highest BCUT2D eigenvalue weighted by atomic mass is 35.5. The fraction of sp³-hybridized carbons (Fsp3) is 0.611. The molecule has 1 unspecified atom stereocenters. The van der Waals surface area contributed by atoms with Crippen molar-refractivity contribution in [2.45, 2.75) is 45.8 Å². The Labute approximate surface area is 160 Å². The maximum Gasteiger partial charge on any atom is 0.251 e. The predicted molar refractivity (Wildman–Crippen MR) is 103 cm³/mol. The van der Waals surface area contributed by atoms with E-state index in [0.717, 1.165) is 0 Å². The van der Waals surface area contributed by atoms with E-state index >= 15 is 0 Å². The van der Waals surface area contributed by atoms with E-state index in [-0.39, 0.29) is 18.1 Å². The third-order valence-electron chi connectivity index (χ3n) is 4.72. The van der Waals surface area contributed by atoms with Crippen LogP contribution < -0.4 is 10.1 Å². The summed E-state index contributed by atoms with van der Waals surface area (Å²) in [6.45, 7) is 6.93. The Kier molecular flexibility index (Phi) is 6.93. The molecule has 1 fully saturated rings. The second-order valence-corrected chi connectivity index (χ2v) is 9.52. The average Bonchev–Trinajstić information content (AvgIpc) is 2.56. The summed E-state index contributed by atoms with van der Waals surface area (Å²) in [5.74, 6) is 0.689. The van der Waals surface area contributed by atoms with Crippen molar-refractivity contribution in [1.29, 1.82) is 0 Å². The quantitative estimate of drug-likeness (QED) is 0.793. The minimum atomic E-state index is -3.15. The van der Waals surface area contributed by atoms with E-state index in [1.165, 1.54) is 10.6 Å². The number of hydrogen-bond donors (Lipinski definition) is 1. The molecule has 1 saturated heterocycles. The highest BCUT2D eigenvalue weighted by Gasteiger charge is 2.26. The molecule has 1 aromatic carbocycles. The molecule has 0 spiro atoms. The molecule has 0 bridgehead atoms. The van der Waals surface area contributed by atoms with Gasteiger partial charge in [-0.05, 0) is 43.9 Å². The minimum absolute atomic E-state index is 0.0669. The summed E-state index contributed by atoms with van der Waals surface area (Å²) in [7, 11) is -3.15. The summed E-state index contributed by atoms with van der Waals surface area (Å²) >= 11 is 6.28. The number of amides is 1. The van der Waals surface area contributed by atoms with E-state index < -0.39 is 10.0 Å². The number of ether oxygens (including phenoxy) is 1. The van der Waals surface area contributed by atoms with Crippen LogP contribution in [0.1, 0.15) is 44.0 Å². The lowest BCUT2D eigenvalue weighted by atomic mass is 10.1. The summed E-state index contributed by atoms with van der Waals surface area (Å²) in [5, 5.41) is 3.32. The van der Waals surface area contributed by atoms with E-state index in [4.69, 9.17) is 16.3 Å². The number of sulfonamides is 1. The molecule has 1 amide bonds. The first kappa shape index (κ1) is 21.0. The van der Waals surface area contributed by atoms with Gasteiger partial charge in [-0.2, -0.15) is 0 Å². The van der Waals surface area contributed by atoms with Crippen LogP contribution in [0.3, 0.4) is 0 Å². The molecule has 1 N–H and O–H groups in total. The lowest BCUT2D eigenvalue weighted by molar-refractivity contribution is 0.0930. The Morgan fingerprint density at radius 3 is 2.38 bits per heavy atom. The molecule has 0 radical (unpaired) electrons. The van der Waals surface area contributed by atoms with Crippen LogP contribution in [0.15, 0.2) is 18.2 Å². The van der Waals surface area contributed by atoms with Gasteiger partial charge in [0.05, 0.1) is 11.3 Å². The van der Waals surface area contributed by atoms with E-state index in [9.17, 15) is 13.2 Å². The van der Waals surface area contributed by atoms with E-state index in [2.05, 4.69) is 5.32 Å². The standard InChI is InChI=1S/C18H27ClN2O4S/c1-12(2)13(3)20-18(22)14-5-6-17(16(19)11-14)25-15-7-9-21(10-8-15)26(4,23)24/h5-6,11-13,15H,7-10H2,1-4H3,(H,20,22). The first-order valence-corrected chi connectivity index (χ1v) is 11.0. The molecule has 8 heteroatoms. The molecule has 1 aliphatic rings. The lowest BCUT2D eigenvalue weighted by Gasteiger charge is -2.30. The Morgan fingerprint density at radius 1 is 1.27 bits per heavy atom. The van der Waals surface area contributed by atoms with Crippen LogP contribution in [-0.2, 0) is 10.0 Å². The Balaban J connectivity index is 1.97. The van der Waals surface area contributed by atoms with Crippen LogP contribution in [0, 0.1) is 5.92 Å². The lowest BCUT2D eigenvalue weighted by Crippen LogP contribution is -2.41. The van der Waals surface area contributed by atoms with Crippen LogP contribution in [0.2, 0.25) is 5.02 Å². The topological polar surface area (TPSA) is 75.7 Å². The SMILES string of the molecule is CC(C)C(C)NC(=O)c1ccc(OC2CCN(S(C)(=O)=O)CC2)c(Cl)c1. The zero-order valence-corrected chi connectivity index (χ0v) is 17.2. The van der Waals surface area contributed by atoms with Crippen LogP contribution in [0.5, 0.6) is 5.75 Å². The molecule has 0 saturated carbocycles. The summed E-state index contributed by atoms with van der Waals surface area (Å²) in [5.41, 5.74) is 0.488. The first-order valence-electron chi connectivity index (χ1n) is 8.80. The number of rotatable bonds is 6. The maximum atomic E-state index is 12.3. The fourth-order valence-electron chi connectivity index (χ4n) is 2.66. The summed E-state index contributed by atoms with van der Waals surface area (Å²) in [6.07, 6.45) is 2.34. The third-order valence-corrected chi connectivity index (χ3v) is 6.31. The molecule has 0 aliphatic carbocycles. The second kappa shape index (κ2) is 8.59. The largest absolute Gasteiger partial charge is 0.489 e. The van der Waals surface area contributed by atoms with Crippen molar-refractivity contribution in [1.82, 2.24) is 9.62 Å². The number of benzene rings is 1. The number of carbonyl (C=O) groups excluding carboxylic acids is 1. The minimum Gasteiger partial charge on any atom is -0.489 e. The number of nitrogens with zero attached hydrogens (tertiary/aromatic N) is 1. The van der Waals surface area contributed by atoms with Crippen LogP contribution in [0.4, 0.5) is 0 Å². The van der Waals surface area contributed by atoms with Crippen molar-refractivity contribution < 1.29 is 17.9 Å². The van der Waals surface area contributed by atoms with Crippen molar-refractivity contribution >= 4 is 27.5 Å². The van der Waals surface area contributed by atoms with Crippen molar-refractivity contribution in [3.8, 4) is 5.75 Å². The molecule has 146 valence electrons. The van der Waals surface area contributed by atoms with Crippen molar-refractivity contribution in [2.75, 3.05) is 19.3 Å². The van der Waals surface area contributed by atoms with Gasteiger partial charge in [0.2, 0.25) is 10.0 Å². The fourth-order valence-corrected chi connectivity index (χ4v) is 3.75. The van der Waals surface area contributed by atoms with Gasteiger partial charge in [0.1, 0.15) is 11.9 Å². The molecule has 2 rings (SSSR count). The van der Waals surface area contributed by atoms with Gasteiger partial charge < -0.3 is 10.1 Å². The Morgan fingerprint density at radius 2 is 1.88 bits per heavy atom. The van der Waals surface area contributed by atoms with Crippen molar-refractivity contribution in [3.63, 3.8) is 0 Å². The van der Waals surface area contributed by atoms with Crippen LogP contribution in [0.25, 0.3) is 0 Å². The van der Waals surface area contributed by atoms with Gasteiger partial charge in [-0.1, -0.05) is 25.4 Å². The third kappa shape index (κ3) is 5.59. The van der Waals surface area contributed by atoms with Crippen molar-refractivity contribution in [2.24, 2.45) is 5.92 Å². The van der Waals surface area contributed by atoms with Gasteiger partial charge in [-0.15, -0.1) is 0 Å². The number of halogens is 1. The molecule has 26 heavy (non-hydrogen) atoms. The second-order valence-electron chi connectivity index (χ2n) is 7.13. The van der Waals surface area contributed by atoms with Crippen molar-refractivity contribution in [3.05, 3.63) is 28.8 Å². The van der Waals surface area contributed by atoms with Gasteiger partial charge in [0, 0.05) is 24.7 Å². The van der Waals surface area contributed by atoms with Crippen LogP contribution in [-0.4, -0.2) is 50.1 Å². The number of hydrogen-bond acceptors (Lipinski definition) is 4. The Hall–Kier alpha value is -1.31. The molecular formula is C18H27ClN2O4S. The Bertz CT molecular complexity index is 744. The normalized spacial score (nSPS) is 17.9. The molecule has 1 aromatic rings. The molecule has 1 heterocycles. The van der Waals surface area contributed by atoms with E-state index in [0.29, 0.717) is 48.2 Å². The number of piperidine rings is 1. The number of carbonyl (C=O) groups is 1. The maximum absolute atomic E-state index is 12.3. The smallest absolute Gasteiger partial charge is 0.251 e. The van der Waals surface area contributed by atoms with Crippen LogP contribution >= 0.6 is 11.6 Å². The zero-order chi connectivity index (χ0) is 19.5. The number of nitrogens with one attached hydrogen (secondary N) is 1. The summed E-state index contributed by atoms with van der Waals surface area (Å²) < 4.78 is 30.5.